The van der Waals surface area contributed by atoms with E-state index in [-0.39, 0.29) is 12.1 Å². The summed E-state index contributed by atoms with van der Waals surface area (Å²) in [7, 11) is 1.73. The van der Waals surface area contributed by atoms with Crippen LogP contribution in [-0.4, -0.2) is 18.5 Å². The van der Waals surface area contributed by atoms with Gasteiger partial charge in [-0.05, 0) is 30.2 Å². The first kappa shape index (κ1) is 11.5. The van der Waals surface area contributed by atoms with E-state index in [2.05, 4.69) is 0 Å². The first-order chi connectivity index (χ1) is 7.40. The van der Waals surface area contributed by atoms with E-state index in [9.17, 15) is 8.78 Å². The topological polar surface area (TPSA) is 3.24 Å². The van der Waals surface area contributed by atoms with Gasteiger partial charge in [0.05, 0.1) is 6.54 Å². The van der Waals surface area contributed by atoms with Crippen LogP contribution in [0.5, 0.6) is 0 Å². The molecule has 0 spiro atoms. The average Bonchev–Trinajstić information content (AvgIpc) is 2.15. The molecule has 0 aliphatic carbocycles. The summed E-state index contributed by atoms with van der Waals surface area (Å²) < 4.78 is 27.7. The Bertz CT molecular complexity index is 399. The molecular formula is C13H17F2N. The third-order valence-electron chi connectivity index (χ3n) is 3.10. The predicted molar refractivity (Wildman–Crippen MR) is 60.8 cm³/mol. The highest BCUT2D eigenvalue weighted by Gasteiger charge is 2.39. The number of nitrogens with zero attached hydrogens (tertiary/aromatic N) is 1. The molecule has 16 heavy (non-hydrogen) atoms. The zero-order valence-corrected chi connectivity index (χ0v) is 9.93. The van der Waals surface area contributed by atoms with Gasteiger partial charge in [-0.2, -0.15) is 8.78 Å². The van der Waals surface area contributed by atoms with Crippen LogP contribution in [0.1, 0.15) is 36.5 Å². The predicted octanol–water partition coefficient (Wildman–Crippen LogP) is 3.35. The molecule has 1 heterocycles. The van der Waals surface area contributed by atoms with Crippen LogP contribution in [0.2, 0.25) is 0 Å². The van der Waals surface area contributed by atoms with Crippen LogP contribution in [-0.2, 0) is 12.5 Å². The van der Waals surface area contributed by atoms with Crippen LogP contribution >= 0.6 is 0 Å². The summed E-state index contributed by atoms with van der Waals surface area (Å²) in [6, 6.07) is 5.47. The number of rotatable bonds is 1. The van der Waals surface area contributed by atoms with Gasteiger partial charge in [-0.1, -0.05) is 26.0 Å². The monoisotopic (exact) mass is 225 g/mol. The van der Waals surface area contributed by atoms with Crippen LogP contribution in [0.15, 0.2) is 18.2 Å². The number of hydrogen-bond acceptors (Lipinski definition) is 1. The van der Waals surface area contributed by atoms with Crippen molar-refractivity contribution in [3.8, 4) is 0 Å². The second-order valence-electron chi connectivity index (χ2n) is 4.95. The summed E-state index contributed by atoms with van der Waals surface area (Å²) in [5.41, 5.74) is 1.96. The lowest BCUT2D eigenvalue weighted by atomic mass is 9.91. The summed E-state index contributed by atoms with van der Waals surface area (Å²) in [4.78, 5) is 1.66. The molecule has 0 radical (unpaired) electrons. The van der Waals surface area contributed by atoms with Gasteiger partial charge in [0, 0.05) is 12.1 Å². The van der Waals surface area contributed by atoms with Crippen LogP contribution in [0, 0.1) is 0 Å². The maximum atomic E-state index is 13.8. The summed E-state index contributed by atoms with van der Waals surface area (Å²) >= 11 is 0. The minimum Gasteiger partial charge on any atom is -0.296 e. The van der Waals surface area contributed by atoms with Gasteiger partial charge < -0.3 is 0 Å². The molecule has 0 atom stereocenters. The van der Waals surface area contributed by atoms with Crippen molar-refractivity contribution in [2.75, 3.05) is 13.6 Å². The number of likely N-dealkylation sites (N-methyl/N-ethyl adjacent to an activating group) is 1. The quantitative estimate of drug-likeness (QED) is 0.708. The van der Waals surface area contributed by atoms with E-state index in [1.807, 2.05) is 26.0 Å². The van der Waals surface area contributed by atoms with Gasteiger partial charge in [-0.3, -0.25) is 4.90 Å². The highest BCUT2D eigenvalue weighted by Crippen LogP contribution is 2.37. The first-order valence-corrected chi connectivity index (χ1v) is 5.60. The molecule has 0 N–H and O–H groups in total. The lowest BCUT2D eigenvalue weighted by Gasteiger charge is -2.32. The van der Waals surface area contributed by atoms with E-state index in [4.69, 9.17) is 0 Å². The molecule has 2 rings (SSSR count). The molecule has 1 nitrogen and oxygen atoms in total. The Hall–Kier alpha value is -0.960. The molecule has 0 amide bonds. The summed E-state index contributed by atoms with van der Waals surface area (Å²) in [6.07, 6.45) is 0. The van der Waals surface area contributed by atoms with Crippen molar-refractivity contribution < 1.29 is 8.78 Å². The van der Waals surface area contributed by atoms with Gasteiger partial charge in [0.1, 0.15) is 0 Å². The van der Waals surface area contributed by atoms with Crippen molar-refractivity contribution >= 4 is 0 Å². The van der Waals surface area contributed by atoms with Gasteiger partial charge in [0.2, 0.25) is 0 Å². The molecule has 1 aromatic rings. The van der Waals surface area contributed by atoms with E-state index < -0.39 is 5.92 Å². The second kappa shape index (κ2) is 3.81. The van der Waals surface area contributed by atoms with Crippen molar-refractivity contribution in [3.63, 3.8) is 0 Å². The fourth-order valence-electron chi connectivity index (χ4n) is 2.20. The zero-order chi connectivity index (χ0) is 11.9. The fraction of sp³-hybridized carbons (Fsp3) is 0.538. The zero-order valence-electron chi connectivity index (χ0n) is 9.93. The number of benzene rings is 1. The molecule has 1 aromatic carbocycles. The second-order valence-corrected chi connectivity index (χ2v) is 4.95. The number of fused-ring (bicyclic) bond motifs is 1. The molecular weight excluding hydrogens is 208 g/mol. The van der Waals surface area contributed by atoms with Gasteiger partial charge in [-0.15, -0.1) is 0 Å². The van der Waals surface area contributed by atoms with Crippen LogP contribution < -0.4 is 0 Å². The maximum absolute atomic E-state index is 13.8. The number of halogens is 2. The lowest BCUT2D eigenvalue weighted by Crippen LogP contribution is -2.38. The van der Waals surface area contributed by atoms with Gasteiger partial charge in [0.25, 0.3) is 5.92 Å². The van der Waals surface area contributed by atoms with Crippen molar-refractivity contribution in [1.82, 2.24) is 4.90 Å². The maximum Gasteiger partial charge on any atom is 0.285 e. The summed E-state index contributed by atoms with van der Waals surface area (Å²) in [5.74, 6) is -2.42. The molecule has 0 aromatic heterocycles. The van der Waals surface area contributed by atoms with E-state index >= 15 is 0 Å². The largest absolute Gasteiger partial charge is 0.296 e. The summed E-state index contributed by atoms with van der Waals surface area (Å²) in [5, 5.41) is 0. The highest BCUT2D eigenvalue weighted by atomic mass is 19.3. The van der Waals surface area contributed by atoms with Crippen LogP contribution in [0.25, 0.3) is 0 Å². The Morgan fingerprint density at radius 2 is 2.00 bits per heavy atom. The van der Waals surface area contributed by atoms with E-state index in [1.165, 1.54) is 0 Å². The SMILES string of the molecule is CC(C)c1ccc2c(c1)C(F)(F)CN(C)C2. The third kappa shape index (κ3) is 1.96. The molecule has 1 aliphatic heterocycles. The smallest absolute Gasteiger partial charge is 0.285 e. The standard InChI is InChI=1S/C13H17F2N/c1-9(2)10-4-5-11-7-16(3)8-13(14,15)12(11)6-10/h4-6,9H,7-8H2,1-3H3. The van der Waals surface area contributed by atoms with Crippen molar-refractivity contribution in [3.05, 3.63) is 34.9 Å². The van der Waals surface area contributed by atoms with Gasteiger partial charge in [0.15, 0.2) is 0 Å². The van der Waals surface area contributed by atoms with Crippen LogP contribution in [0.3, 0.4) is 0 Å². The fourth-order valence-corrected chi connectivity index (χ4v) is 2.20. The Labute approximate surface area is 95.1 Å². The Balaban J connectivity index is 2.48. The summed E-state index contributed by atoms with van der Waals surface area (Å²) in [6.45, 7) is 4.48. The minimum atomic E-state index is -2.72. The Kier molecular flexibility index (Phi) is 2.74. The lowest BCUT2D eigenvalue weighted by molar-refractivity contribution is -0.0455. The van der Waals surface area contributed by atoms with Crippen LogP contribution in [0.4, 0.5) is 8.78 Å². The first-order valence-electron chi connectivity index (χ1n) is 5.60. The third-order valence-corrected chi connectivity index (χ3v) is 3.10. The molecule has 3 heteroatoms. The Morgan fingerprint density at radius 1 is 1.31 bits per heavy atom. The molecule has 0 fully saturated rings. The normalized spacial score (nSPS) is 19.9. The van der Waals surface area contributed by atoms with E-state index in [0.29, 0.717) is 12.5 Å². The van der Waals surface area contributed by atoms with E-state index in [0.717, 1.165) is 11.1 Å². The molecule has 0 unspecified atom stereocenters. The molecule has 0 saturated carbocycles. The minimum absolute atomic E-state index is 0.179. The molecule has 0 saturated heterocycles. The average molecular weight is 225 g/mol. The molecule has 0 bridgehead atoms. The van der Waals surface area contributed by atoms with Gasteiger partial charge >= 0.3 is 0 Å². The van der Waals surface area contributed by atoms with Crippen molar-refractivity contribution in [2.45, 2.75) is 32.2 Å². The van der Waals surface area contributed by atoms with E-state index in [1.54, 1.807) is 18.0 Å². The molecule has 88 valence electrons. The molecule has 1 aliphatic rings. The highest BCUT2D eigenvalue weighted by molar-refractivity contribution is 5.38. The Morgan fingerprint density at radius 3 is 2.62 bits per heavy atom. The van der Waals surface area contributed by atoms with Crippen molar-refractivity contribution in [2.24, 2.45) is 0 Å². The number of alkyl halides is 2. The number of hydrogen-bond donors (Lipinski definition) is 0. The van der Waals surface area contributed by atoms with Crippen molar-refractivity contribution in [1.29, 1.82) is 0 Å². The van der Waals surface area contributed by atoms with Gasteiger partial charge in [-0.25, -0.2) is 0 Å².